The van der Waals surface area contributed by atoms with Crippen LogP contribution in [0, 0.1) is 5.92 Å². The summed E-state index contributed by atoms with van der Waals surface area (Å²) < 4.78 is 10.3. The Kier molecular flexibility index (Phi) is 4.04. The van der Waals surface area contributed by atoms with E-state index in [1.165, 1.54) is 12.5 Å². The first kappa shape index (κ1) is 14.1. The SMILES string of the molecule is O=C(N/N=C/c1ccco1)C1CC(=O)N(Cc2ccco2)C1. The minimum absolute atomic E-state index is 0.0634. The zero-order chi connectivity index (χ0) is 15.4. The molecule has 0 aliphatic carbocycles. The normalized spacial score (nSPS) is 18.3. The van der Waals surface area contributed by atoms with Gasteiger partial charge >= 0.3 is 0 Å². The largest absolute Gasteiger partial charge is 0.467 e. The zero-order valence-corrected chi connectivity index (χ0v) is 11.8. The highest BCUT2D eigenvalue weighted by molar-refractivity contribution is 5.89. The van der Waals surface area contributed by atoms with E-state index in [0.717, 1.165) is 0 Å². The lowest BCUT2D eigenvalue weighted by Crippen LogP contribution is -2.30. The molecule has 1 aliphatic heterocycles. The quantitative estimate of drug-likeness (QED) is 0.667. The van der Waals surface area contributed by atoms with Gasteiger partial charge in [0, 0.05) is 13.0 Å². The molecule has 1 atom stereocenters. The molecule has 1 N–H and O–H groups in total. The Morgan fingerprint density at radius 3 is 2.91 bits per heavy atom. The molecule has 3 rings (SSSR count). The van der Waals surface area contributed by atoms with Gasteiger partial charge in [-0.05, 0) is 24.3 Å². The number of hydrazone groups is 1. The molecule has 1 unspecified atom stereocenters. The molecule has 2 aromatic rings. The molecule has 1 fully saturated rings. The van der Waals surface area contributed by atoms with Gasteiger partial charge in [-0.15, -0.1) is 0 Å². The highest BCUT2D eigenvalue weighted by atomic mass is 16.3. The minimum atomic E-state index is -0.406. The van der Waals surface area contributed by atoms with Crippen LogP contribution in [-0.4, -0.2) is 29.5 Å². The van der Waals surface area contributed by atoms with Gasteiger partial charge in [0.05, 0.1) is 31.2 Å². The van der Waals surface area contributed by atoms with E-state index >= 15 is 0 Å². The summed E-state index contributed by atoms with van der Waals surface area (Å²) in [6, 6.07) is 7.02. The van der Waals surface area contributed by atoms with Gasteiger partial charge in [-0.25, -0.2) is 5.43 Å². The summed E-state index contributed by atoms with van der Waals surface area (Å²) in [6.07, 6.45) is 4.67. The Hall–Kier alpha value is -2.83. The summed E-state index contributed by atoms with van der Waals surface area (Å²) in [5.74, 6) is 0.494. The standard InChI is InChI=1S/C15H15N3O4/c19-14-7-11(9-18(14)10-13-4-2-6-22-13)15(20)17-16-8-12-3-1-5-21-12/h1-6,8,11H,7,9-10H2,(H,17,20)/b16-8+. The number of nitrogens with zero attached hydrogens (tertiary/aromatic N) is 2. The number of nitrogens with one attached hydrogen (secondary N) is 1. The van der Waals surface area contributed by atoms with Gasteiger partial charge in [-0.1, -0.05) is 0 Å². The number of furan rings is 2. The van der Waals surface area contributed by atoms with Crippen molar-refractivity contribution in [1.82, 2.24) is 10.3 Å². The average molecular weight is 301 g/mol. The maximum Gasteiger partial charge on any atom is 0.245 e. The molecular weight excluding hydrogens is 286 g/mol. The Morgan fingerprint density at radius 1 is 1.36 bits per heavy atom. The molecule has 2 amide bonds. The van der Waals surface area contributed by atoms with E-state index < -0.39 is 5.92 Å². The maximum atomic E-state index is 12.0. The van der Waals surface area contributed by atoms with Gasteiger partial charge < -0.3 is 13.7 Å². The van der Waals surface area contributed by atoms with Crippen LogP contribution in [0.4, 0.5) is 0 Å². The Balaban J connectivity index is 1.52. The summed E-state index contributed by atoms with van der Waals surface area (Å²) in [4.78, 5) is 25.5. The van der Waals surface area contributed by atoms with Crippen LogP contribution in [0.5, 0.6) is 0 Å². The molecule has 0 saturated carbocycles. The fraction of sp³-hybridized carbons (Fsp3) is 0.267. The number of likely N-dealkylation sites (tertiary alicyclic amines) is 1. The fourth-order valence-corrected chi connectivity index (χ4v) is 2.31. The minimum Gasteiger partial charge on any atom is -0.467 e. The molecule has 3 heterocycles. The van der Waals surface area contributed by atoms with E-state index in [4.69, 9.17) is 8.83 Å². The second-order valence-electron chi connectivity index (χ2n) is 5.00. The second kappa shape index (κ2) is 6.30. The lowest BCUT2D eigenvalue weighted by Gasteiger charge is -2.14. The lowest BCUT2D eigenvalue weighted by atomic mass is 10.1. The molecular formula is C15H15N3O4. The zero-order valence-electron chi connectivity index (χ0n) is 11.8. The molecule has 22 heavy (non-hydrogen) atoms. The van der Waals surface area contributed by atoms with Crippen LogP contribution in [0.25, 0.3) is 0 Å². The average Bonchev–Trinajstić information content (AvgIpc) is 3.23. The highest BCUT2D eigenvalue weighted by Crippen LogP contribution is 2.20. The highest BCUT2D eigenvalue weighted by Gasteiger charge is 2.34. The Labute approximate surface area is 126 Å². The summed E-state index contributed by atoms with van der Waals surface area (Å²) in [7, 11) is 0. The molecule has 0 bridgehead atoms. The number of hydrogen-bond acceptors (Lipinski definition) is 5. The van der Waals surface area contributed by atoms with Crippen LogP contribution < -0.4 is 5.43 Å². The van der Waals surface area contributed by atoms with Crippen LogP contribution in [0.15, 0.2) is 50.7 Å². The van der Waals surface area contributed by atoms with Crippen LogP contribution in [-0.2, 0) is 16.1 Å². The number of rotatable bonds is 5. The van der Waals surface area contributed by atoms with Crippen molar-refractivity contribution in [3.05, 3.63) is 48.3 Å². The lowest BCUT2D eigenvalue weighted by molar-refractivity contribution is -0.129. The topological polar surface area (TPSA) is 88.0 Å². The van der Waals surface area contributed by atoms with Crippen molar-refractivity contribution < 1.29 is 18.4 Å². The van der Waals surface area contributed by atoms with Crippen molar-refractivity contribution in [3.8, 4) is 0 Å². The second-order valence-corrected chi connectivity index (χ2v) is 5.00. The van der Waals surface area contributed by atoms with Crippen molar-refractivity contribution in [1.29, 1.82) is 0 Å². The maximum absolute atomic E-state index is 12.0. The summed E-state index contributed by atoms with van der Waals surface area (Å²) in [5.41, 5.74) is 2.43. The Morgan fingerprint density at radius 2 is 2.18 bits per heavy atom. The van der Waals surface area contributed by atoms with E-state index in [2.05, 4.69) is 10.5 Å². The summed E-state index contributed by atoms with van der Waals surface area (Å²) in [6.45, 7) is 0.743. The van der Waals surface area contributed by atoms with Crippen LogP contribution in [0.1, 0.15) is 17.9 Å². The van der Waals surface area contributed by atoms with Gasteiger partial charge in [-0.3, -0.25) is 9.59 Å². The fourth-order valence-electron chi connectivity index (χ4n) is 2.31. The number of carbonyl (C=O) groups excluding carboxylic acids is 2. The monoisotopic (exact) mass is 301 g/mol. The van der Waals surface area contributed by atoms with Gasteiger partial charge in [0.1, 0.15) is 11.5 Å². The molecule has 0 radical (unpaired) electrons. The van der Waals surface area contributed by atoms with Gasteiger partial charge in [0.25, 0.3) is 0 Å². The molecule has 0 spiro atoms. The molecule has 2 aromatic heterocycles. The van der Waals surface area contributed by atoms with Crippen molar-refractivity contribution in [2.45, 2.75) is 13.0 Å². The predicted molar refractivity (Wildman–Crippen MR) is 76.7 cm³/mol. The first-order chi connectivity index (χ1) is 10.7. The van der Waals surface area contributed by atoms with Gasteiger partial charge in [0.2, 0.25) is 11.8 Å². The van der Waals surface area contributed by atoms with E-state index in [9.17, 15) is 9.59 Å². The predicted octanol–water partition coefficient (Wildman–Crippen LogP) is 1.37. The van der Waals surface area contributed by atoms with E-state index in [1.807, 2.05) is 0 Å². The molecule has 1 aliphatic rings. The Bertz CT molecular complexity index is 661. The number of carbonyl (C=O) groups is 2. The summed E-state index contributed by atoms with van der Waals surface area (Å²) in [5, 5.41) is 3.82. The molecule has 114 valence electrons. The van der Waals surface area contributed by atoms with Crippen molar-refractivity contribution in [2.75, 3.05) is 6.54 Å². The molecule has 0 aromatic carbocycles. The third-order valence-electron chi connectivity index (χ3n) is 3.42. The number of amides is 2. The van der Waals surface area contributed by atoms with Gasteiger partial charge in [0.15, 0.2) is 0 Å². The van der Waals surface area contributed by atoms with Crippen LogP contribution >= 0.6 is 0 Å². The van der Waals surface area contributed by atoms with E-state index in [1.54, 1.807) is 35.4 Å². The van der Waals surface area contributed by atoms with Crippen LogP contribution in [0.2, 0.25) is 0 Å². The first-order valence-corrected chi connectivity index (χ1v) is 6.89. The summed E-state index contributed by atoms with van der Waals surface area (Å²) >= 11 is 0. The van der Waals surface area contributed by atoms with E-state index in [-0.39, 0.29) is 18.2 Å². The van der Waals surface area contributed by atoms with Gasteiger partial charge in [-0.2, -0.15) is 5.10 Å². The molecule has 7 heteroatoms. The van der Waals surface area contributed by atoms with Crippen LogP contribution in [0.3, 0.4) is 0 Å². The van der Waals surface area contributed by atoms with Crippen molar-refractivity contribution in [2.24, 2.45) is 11.0 Å². The smallest absolute Gasteiger partial charge is 0.245 e. The number of hydrogen-bond donors (Lipinski definition) is 1. The molecule has 1 saturated heterocycles. The third kappa shape index (κ3) is 3.25. The third-order valence-corrected chi connectivity index (χ3v) is 3.42. The van der Waals surface area contributed by atoms with E-state index in [0.29, 0.717) is 24.6 Å². The first-order valence-electron chi connectivity index (χ1n) is 6.89. The molecule has 7 nitrogen and oxygen atoms in total. The van der Waals surface area contributed by atoms with Crippen molar-refractivity contribution >= 4 is 18.0 Å². The van der Waals surface area contributed by atoms with Crippen molar-refractivity contribution in [3.63, 3.8) is 0 Å².